The molecule has 116 valence electrons. The minimum Gasteiger partial charge on any atom is -0.326 e. The van der Waals surface area contributed by atoms with Crippen LogP contribution in [0.3, 0.4) is 0 Å². The van der Waals surface area contributed by atoms with Crippen LogP contribution in [0.1, 0.15) is 19.8 Å². The molecule has 1 fully saturated rings. The molecule has 1 unspecified atom stereocenters. The van der Waals surface area contributed by atoms with Crippen LogP contribution < -0.4 is 15.4 Å². The van der Waals surface area contributed by atoms with E-state index in [-0.39, 0.29) is 17.6 Å². The topological polar surface area (TPSA) is 87.3 Å². The maximum atomic E-state index is 14.0. The molecule has 0 saturated carbocycles. The number of hydrogen-bond donors (Lipinski definition) is 3. The summed E-state index contributed by atoms with van der Waals surface area (Å²) in [6, 6.07) is 3.27. The highest BCUT2D eigenvalue weighted by atomic mass is 32.2. The molecule has 1 aliphatic rings. The predicted octanol–water partition coefficient (Wildman–Crippen LogP) is 0.814. The Morgan fingerprint density at radius 3 is 2.76 bits per heavy atom. The third-order valence-corrected chi connectivity index (χ3v) is 4.71. The van der Waals surface area contributed by atoms with Crippen LogP contribution in [0.15, 0.2) is 23.1 Å². The summed E-state index contributed by atoms with van der Waals surface area (Å²) in [4.78, 5) is 10.5. The molecule has 1 heterocycles. The van der Waals surface area contributed by atoms with E-state index in [2.05, 4.69) is 15.4 Å². The van der Waals surface area contributed by atoms with Crippen molar-refractivity contribution in [2.75, 3.05) is 18.4 Å². The zero-order valence-electron chi connectivity index (χ0n) is 11.6. The average molecular weight is 315 g/mol. The Morgan fingerprint density at radius 1 is 1.43 bits per heavy atom. The van der Waals surface area contributed by atoms with Crippen LogP contribution in [-0.4, -0.2) is 33.5 Å². The van der Waals surface area contributed by atoms with Crippen LogP contribution in [0.5, 0.6) is 0 Å². The highest BCUT2D eigenvalue weighted by molar-refractivity contribution is 7.89. The van der Waals surface area contributed by atoms with Crippen LogP contribution in [0.25, 0.3) is 0 Å². The Hall–Kier alpha value is -1.51. The van der Waals surface area contributed by atoms with Crippen molar-refractivity contribution < 1.29 is 17.6 Å². The summed E-state index contributed by atoms with van der Waals surface area (Å²) in [5.41, 5.74) is 0.221. The van der Waals surface area contributed by atoms with Crippen molar-refractivity contribution in [3.05, 3.63) is 24.0 Å². The molecule has 1 saturated heterocycles. The van der Waals surface area contributed by atoms with E-state index in [1.807, 2.05) is 0 Å². The van der Waals surface area contributed by atoms with Crippen molar-refractivity contribution in [1.29, 1.82) is 0 Å². The van der Waals surface area contributed by atoms with Crippen LogP contribution in [0, 0.1) is 5.82 Å². The number of rotatable bonds is 4. The molecule has 3 N–H and O–H groups in total. The van der Waals surface area contributed by atoms with E-state index >= 15 is 0 Å². The molecule has 1 aliphatic heterocycles. The molecule has 1 aromatic carbocycles. The molecule has 0 aliphatic carbocycles. The van der Waals surface area contributed by atoms with Gasteiger partial charge in [0.1, 0.15) is 10.7 Å². The largest absolute Gasteiger partial charge is 0.326 e. The van der Waals surface area contributed by atoms with E-state index < -0.39 is 20.7 Å². The van der Waals surface area contributed by atoms with Gasteiger partial charge in [-0.15, -0.1) is 0 Å². The second-order valence-corrected chi connectivity index (χ2v) is 6.67. The zero-order chi connectivity index (χ0) is 15.5. The van der Waals surface area contributed by atoms with Crippen molar-refractivity contribution in [3.8, 4) is 0 Å². The summed E-state index contributed by atoms with van der Waals surface area (Å²) in [5, 5.41) is 5.49. The lowest BCUT2D eigenvalue weighted by atomic mass is 10.1. The van der Waals surface area contributed by atoms with Gasteiger partial charge in [0.2, 0.25) is 15.9 Å². The van der Waals surface area contributed by atoms with E-state index in [0.29, 0.717) is 6.54 Å². The maximum Gasteiger partial charge on any atom is 0.243 e. The fourth-order valence-corrected chi connectivity index (χ4v) is 3.56. The molecular weight excluding hydrogens is 297 g/mol. The number of hydrogen-bond acceptors (Lipinski definition) is 4. The smallest absolute Gasteiger partial charge is 0.243 e. The predicted molar refractivity (Wildman–Crippen MR) is 76.9 cm³/mol. The van der Waals surface area contributed by atoms with Gasteiger partial charge in [0, 0.05) is 25.2 Å². The van der Waals surface area contributed by atoms with Gasteiger partial charge < -0.3 is 10.6 Å². The summed E-state index contributed by atoms with van der Waals surface area (Å²) in [7, 11) is -3.91. The number of halogens is 1. The average Bonchev–Trinajstić information content (AvgIpc) is 2.38. The number of carbonyl (C=O) groups is 1. The SMILES string of the molecule is CC(=O)Nc1ccc(S(=O)(=O)NC2CCCNC2)c(F)c1. The lowest BCUT2D eigenvalue weighted by Gasteiger charge is -2.23. The van der Waals surface area contributed by atoms with Crippen molar-refractivity contribution >= 4 is 21.6 Å². The van der Waals surface area contributed by atoms with Gasteiger partial charge in [-0.05, 0) is 37.6 Å². The summed E-state index contributed by atoms with van der Waals surface area (Å²) in [6.07, 6.45) is 1.59. The molecule has 0 radical (unpaired) electrons. The van der Waals surface area contributed by atoms with Crippen LogP contribution in [0.4, 0.5) is 10.1 Å². The van der Waals surface area contributed by atoms with Crippen molar-refractivity contribution in [1.82, 2.24) is 10.0 Å². The highest BCUT2D eigenvalue weighted by Crippen LogP contribution is 2.20. The molecule has 21 heavy (non-hydrogen) atoms. The van der Waals surface area contributed by atoms with Crippen molar-refractivity contribution in [2.45, 2.75) is 30.7 Å². The number of benzene rings is 1. The van der Waals surface area contributed by atoms with E-state index in [1.165, 1.54) is 13.0 Å². The monoisotopic (exact) mass is 315 g/mol. The fraction of sp³-hybridized carbons (Fsp3) is 0.462. The second kappa shape index (κ2) is 6.50. The molecule has 8 heteroatoms. The molecule has 1 atom stereocenters. The fourth-order valence-electron chi connectivity index (χ4n) is 2.24. The van der Waals surface area contributed by atoms with Gasteiger partial charge in [-0.25, -0.2) is 17.5 Å². The summed E-state index contributed by atoms with van der Waals surface area (Å²) in [6.45, 7) is 2.68. The third kappa shape index (κ3) is 4.23. The molecule has 2 rings (SSSR count). The lowest BCUT2D eigenvalue weighted by molar-refractivity contribution is -0.114. The van der Waals surface area contributed by atoms with Gasteiger partial charge in [-0.1, -0.05) is 0 Å². The van der Waals surface area contributed by atoms with E-state index in [4.69, 9.17) is 0 Å². The molecule has 1 aromatic rings. The van der Waals surface area contributed by atoms with Gasteiger partial charge >= 0.3 is 0 Å². The first kappa shape index (κ1) is 15.9. The van der Waals surface area contributed by atoms with Gasteiger partial charge in [-0.2, -0.15) is 0 Å². The Balaban J connectivity index is 2.17. The molecule has 0 bridgehead atoms. The number of amides is 1. The number of nitrogens with one attached hydrogen (secondary N) is 3. The van der Waals surface area contributed by atoms with Crippen LogP contribution >= 0.6 is 0 Å². The number of piperidine rings is 1. The van der Waals surface area contributed by atoms with Gasteiger partial charge in [0.05, 0.1) is 0 Å². The number of anilines is 1. The molecule has 0 spiro atoms. The van der Waals surface area contributed by atoms with Crippen LogP contribution in [-0.2, 0) is 14.8 Å². The first-order chi connectivity index (χ1) is 9.88. The van der Waals surface area contributed by atoms with Gasteiger partial charge in [0.25, 0.3) is 0 Å². The zero-order valence-corrected chi connectivity index (χ0v) is 12.5. The maximum absolute atomic E-state index is 14.0. The Kier molecular flexibility index (Phi) is 4.92. The normalized spacial score (nSPS) is 19.2. The minimum atomic E-state index is -3.91. The quantitative estimate of drug-likeness (QED) is 0.767. The Labute approximate surface area is 123 Å². The van der Waals surface area contributed by atoms with Crippen molar-refractivity contribution in [2.24, 2.45) is 0 Å². The third-order valence-electron chi connectivity index (χ3n) is 3.16. The molecular formula is C13H18FN3O3S. The summed E-state index contributed by atoms with van der Waals surface area (Å²) in [5.74, 6) is -1.24. The summed E-state index contributed by atoms with van der Waals surface area (Å²) >= 11 is 0. The first-order valence-electron chi connectivity index (χ1n) is 6.69. The van der Waals surface area contributed by atoms with Gasteiger partial charge in [-0.3, -0.25) is 4.79 Å². The van der Waals surface area contributed by atoms with E-state index in [9.17, 15) is 17.6 Å². The van der Waals surface area contributed by atoms with E-state index in [1.54, 1.807) is 0 Å². The van der Waals surface area contributed by atoms with E-state index in [0.717, 1.165) is 31.5 Å². The van der Waals surface area contributed by atoms with Crippen LogP contribution in [0.2, 0.25) is 0 Å². The molecule has 6 nitrogen and oxygen atoms in total. The standard InChI is InChI=1S/C13H18FN3O3S/c1-9(18)16-10-4-5-13(12(14)7-10)21(19,20)17-11-3-2-6-15-8-11/h4-5,7,11,15,17H,2-3,6,8H2,1H3,(H,16,18). The van der Waals surface area contributed by atoms with Gasteiger partial charge in [0.15, 0.2) is 0 Å². The molecule has 1 amide bonds. The number of sulfonamides is 1. The Bertz CT molecular complexity index is 628. The molecule has 0 aromatic heterocycles. The Morgan fingerprint density at radius 2 is 2.19 bits per heavy atom. The number of carbonyl (C=O) groups excluding carboxylic acids is 1. The minimum absolute atomic E-state index is 0.221. The highest BCUT2D eigenvalue weighted by Gasteiger charge is 2.24. The summed E-state index contributed by atoms with van der Waals surface area (Å²) < 4.78 is 40.8. The first-order valence-corrected chi connectivity index (χ1v) is 8.17. The second-order valence-electron chi connectivity index (χ2n) is 4.99. The van der Waals surface area contributed by atoms with Crippen molar-refractivity contribution in [3.63, 3.8) is 0 Å². The lowest BCUT2D eigenvalue weighted by Crippen LogP contribution is -2.45.